The normalized spacial score (nSPS) is 13.2. The number of carbonyl (C=O) groups excluding carboxylic acids is 2. The molecule has 36 heavy (non-hydrogen) atoms. The molecule has 4 aromatic rings. The first-order valence-electron chi connectivity index (χ1n) is 11.8. The number of aromatic nitrogens is 2. The lowest BCUT2D eigenvalue weighted by Crippen LogP contribution is -2.48. The van der Waals surface area contributed by atoms with Crippen LogP contribution in [0.15, 0.2) is 77.9 Å². The van der Waals surface area contributed by atoms with Crippen LogP contribution < -0.4 is 15.1 Å². The summed E-state index contributed by atoms with van der Waals surface area (Å²) in [5.74, 6) is 0.602. The van der Waals surface area contributed by atoms with E-state index < -0.39 is 6.04 Å². The lowest BCUT2D eigenvalue weighted by atomic mass is 9.97. The van der Waals surface area contributed by atoms with Crippen molar-refractivity contribution in [3.63, 3.8) is 0 Å². The quantitative estimate of drug-likeness (QED) is 0.414. The van der Waals surface area contributed by atoms with E-state index in [0.717, 1.165) is 33.8 Å². The Morgan fingerprint density at radius 3 is 2.58 bits per heavy atom. The number of nitrogens with one attached hydrogen (secondary N) is 1. The van der Waals surface area contributed by atoms with Crippen LogP contribution in [0.3, 0.4) is 0 Å². The second kappa shape index (κ2) is 10.3. The smallest absolute Gasteiger partial charge is 0.251 e. The summed E-state index contributed by atoms with van der Waals surface area (Å²) in [6, 6.07) is 17.3. The lowest BCUT2D eigenvalue weighted by Gasteiger charge is -2.31. The molecule has 0 saturated heterocycles. The fraction of sp³-hybridized carbons (Fsp3) is 0.214. The molecule has 3 heterocycles. The van der Waals surface area contributed by atoms with Gasteiger partial charge in [-0.05, 0) is 52.9 Å². The third-order valence-corrected chi connectivity index (χ3v) is 7.23. The van der Waals surface area contributed by atoms with E-state index in [9.17, 15) is 9.59 Å². The number of likely N-dealkylation sites (N-methyl/N-ethyl adjacent to an activating group) is 1. The molecule has 1 aliphatic heterocycles. The van der Waals surface area contributed by atoms with Crippen LogP contribution in [0.25, 0.3) is 11.1 Å². The van der Waals surface area contributed by atoms with Gasteiger partial charge in [-0.3, -0.25) is 14.6 Å². The van der Waals surface area contributed by atoms with E-state index in [1.54, 1.807) is 25.0 Å². The summed E-state index contributed by atoms with van der Waals surface area (Å²) < 4.78 is 0. The zero-order valence-electron chi connectivity index (χ0n) is 20.2. The van der Waals surface area contributed by atoms with E-state index in [2.05, 4.69) is 15.3 Å². The zero-order chi connectivity index (χ0) is 25.1. The Bertz CT molecular complexity index is 1360. The minimum atomic E-state index is -0.450. The second-order valence-electron chi connectivity index (χ2n) is 8.74. The first-order chi connectivity index (χ1) is 17.6. The van der Waals surface area contributed by atoms with Gasteiger partial charge in [-0.15, -0.1) is 11.3 Å². The standard InChI is InChI=1S/C28H27N5O2S/c1-29-27(34)23-15-21(20-8-11-30-12-9-20)16-24-22(23)10-13-33(24)28(35)25(14-19-6-4-3-5-7-19)32(2)26-17-36-18-31-26/h3-9,11-12,15-18,25H,10,13-14H2,1-2H3,(H,29,34)/t25-/m0/s1. The monoisotopic (exact) mass is 497 g/mol. The van der Waals surface area contributed by atoms with Gasteiger partial charge in [0.15, 0.2) is 0 Å². The van der Waals surface area contributed by atoms with Crippen molar-refractivity contribution in [2.24, 2.45) is 0 Å². The molecule has 1 aliphatic rings. The molecule has 2 amide bonds. The molecule has 0 unspecified atom stereocenters. The van der Waals surface area contributed by atoms with Crippen molar-refractivity contribution >= 4 is 34.7 Å². The van der Waals surface area contributed by atoms with Crippen LogP contribution >= 0.6 is 11.3 Å². The van der Waals surface area contributed by atoms with E-state index in [4.69, 9.17) is 0 Å². The Hall–Kier alpha value is -4.04. The Morgan fingerprint density at radius 2 is 1.89 bits per heavy atom. The number of benzene rings is 2. The van der Waals surface area contributed by atoms with Gasteiger partial charge in [0.25, 0.3) is 5.91 Å². The third-order valence-electron chi connectivity index (χ3n) is 6.66. The molecule has 2 aromatic heterocycles. The Labute approximate surface area is 214 Å². The van der Waals surface area contributed by atoms with Crippen LogP contribution in [0.5, 0.6) is 0 Å². The molecule has 0 radical (unpaired) electrons. The van der Waals surface area contributed by atoms with Gasteiger partial charge in [-0.2, -0.15) is 0 Å². The molecule has 1 N–H and O–H groups in total. The van der Waals surface area contributed by atoms with E-state index in [0.29, 0.717) is 24.9 Å². The highest BCUT2D eigenvalue weighted by Crippen LogP contribution is 2.37. The maximum Gasteiger partial charge on any atom is 0.251 e. The van der Waals surface area contributed by atoms with Gasteiger partial charge in [0.2, 0.25) is 5.91 Å². The van der Waals surface area contributed by atoms with Gasteiger partial charge in [0.1, 0.15) is 11.9 Å². The zero-order valence-corrected chi connectivity index (χ0v) is 21.0. The molecule has 5 rings (SSSR count). The van der Waals surface area contributed by atoms with Crippen LogP contribution in [0.1, 0.15) is 21.5 Å². The molecule has 7 nitrogen and oxygen atoms in total. The molecule has 8 heteroatoms. The van der Waals surface area contributed by atoms with Gasteiger partial charge in [-0.25, -0.2) is 4.98 Å². The number of pyridine rings is 1. The molecular formula is C28H27N5O2S. The van der Waals surface area contributed by atoms with Crippen LogP contribution in [-0.2, 0) is 17.6 Å². The number of fused-ring (bicyclic) bond motifs is 1. The summed E-state index contributed by atoms with van der Waals surface area (Å²) in [5, 5.41) is 4.71. The predicted molar refractivity (Wildman–Crippen MR) is 144 cm³/mol. The Morgan fingerprint density at radius 1 is 1.11 bits per heavy atom. The van der Waals surface area contributed by atoms with Gasteiger partial charge in [0.05, 0.1) is 5.51 Å². The van der Waals surface area contributed by atoms with E-state index in [1.807, 2.05) is 76.8 Å². The van der Waals surface area contributed by atoms with E-state index in [-0.39, 0.29) is 11.8 Å². The largest absolute Gasteiger partial charge is 0.355 e. The van der Waals surface area contributed by atoms with Crippen LogP contribution in [0.2, 0.25) is 0 Å². The highest BCUT2D eigenvalue weighted by atomic mass is 32.1. The number of amides is 2. The number of nitrogens with zero attached hydrogens (tertiary/aromatic N) is 4. The van der Waals surface area contributed by atoms with Crippen LogP contribution in [-0.4, -0.2) is 48.5 Å². The van der Waals surface area contributed by atoms with Gasteiger partial charge >= 0.3 is 0 Å². The third kappa shape index (κ3) is 4.59. The highest BCUT2D eigenvalue weighted by Gasteiger charge is 2.35. The van der Waals surface area contributed by atoms with Gasteiger partial charge in [-0.1, -0.05) is 30.3 Å². The number of thiazole rings is 1. The minimum absolute atomic E-state index is 0.0113. The fourth-order valence-electron chi connectivity index (χ4n) is 4.73. The molecule has 0 spiro atoms. The fourth-order valence-corrected chi connectivity index (χ4v) is 5.31. The summed E-state index contributed by atoms with van der Waals surface area (Å²) in [5.41, 5.74) is 6.96. The topological polar surface area (TPSA) is 78.4 Å². The van der Waals surface area contributed by atoms with Gasteiger partial charge in [0, 0.05) is 56.1 Å². The minimum Gasteiger partial charge on any atom is -0.355 e. The predicted octanol–water partition coefficient (Wildman–Crippen LogP) is 4.20. The van der Waals surface area contributed by atoms with E-state index >= 15 is 0 Å². The highest BCUT2D eigenvalue weighted by molar-refractivity contribution is 7.07. The van der Waals surface area contributed by atoms with Crippen molar-refractivity contribution in [1.29, 1.82) is 0 Å². The molecule has 182 valence electrons. The summed E-state index contributed by atoms with van der Waals surface area (Å²) in [6.45, 7) is 0.522. The average Bonchev–Trinajstić information content (AvgIpc) is 3.62. The molecule has 0 saturated carbocycles. The first kappa shape index (κ1) is 23.7. The molecule has 2 aromatic carbocycles. The maximum atomic E-state index is 14.2. The van der Waals surface area contributed by atoms with Crippen molar-refractivity contribution in [2.75, 3.05) is 30.4 Å². The molecule has 0 fully saturated rings. The number of hydrogen-bond donors (Lipinski definition) is 1. The average molecular weight is 498 g/mol. The van der Waals surface area contributed by atoms with Crippen LogP contribution in [0.4, 0.5) is 11.5 Å². The van der Waals surface area contributed by atoms with Crippen molar-refractivity contribution in [2.45, 2.75) is 18.9 Å². The molecule has 1 atom stereocenters. The summed E-state index contributed by atoms with van der Waals surface area (Å²) in [6.07, 6.45) is 4.62. The Kier molecular flexibility index (Phi) is 6.77. The van der Waals surface area contributed by atoms with E-state index in [1.165, 1.54) is 11.3 Å². The molecule has 0 aliphatic carbocycles. The number of hydrogen-bond acceptors (Lipinski definition) is 6. The molecular weight excluding hydrogens is 470 g/mol. The second-order valence-corrected chi connectivity index (χ2v) is 9.46. The number of anilines is 2. The van der Waals surface area contributed by atoms with Crippen molar-refractivity contribution in [3.8, 4) is 11.1 Å². The van der Waals surface area contributed by atoms with Crippen molar-refractivity contribution in [3.05, 3.63) is 94.6 Å². The SMILES string of the molecule is CNC(=O)c1cc(-c2ccncc2)cc2c1CCN2C(=O)[C@H](Cc1ccccc1)N(C)c1cscn1. The molecule has 0 bridgehead atoms. The lowest BCUT2D eigenvalue weighted by molar-refractivity contribution is -0.119. The summed E-state index contributed by atoms with van der Waals surface area (Å²) >= 11 is 1.50. The first-order valence-corrected chi connectivity index (χ1v) is 12.8. The maximum absolute atomic E-state index is 14.2. The van der Waals surface area contributed by atoms with Gasteiger partial charge < -0.3 is 15.1 Å². The van der Waals surface area contributed by atoms with Crippen molar-refractivity contribution in [1.82, 2.24) is 15.3 Å². The number of rotatable bonds is 7. The van der Waals surface area contributed by atoms with Crippen LogP contribution in [0, 0.1) is 0 Å². The Balaban J connectivity index is 1.56. The number of carbonyl (C=O) groups is 2. The van der Waals surface area contributed by atoms with Crippen molar-refractivity contribution < 1.29 is 9.59 Å². The summed E-state index contributed by atoms with van der Waals surface area (Å²) in [7, 11) is 3.55. The summed E-state index contributed by atoms with van der Waals surface area (Å²) in [4.78, 5) is 39.4.